The molecule has 0 saturated carbocycles. The van der Waals surface area contributed by atoms with Gasteiger partial charge in [0.25, 0.3) is 5.91 Å². The van der Waals surface area contributed by atoms with Crippen LogP contribution in [0, 0.1) is 6.92 Å². The molecule has 0 radical (unpaired) electrons. The second-order valence-electron chi connectivity index (χ2n) is 8.36. The number of thiophene rings is 1. The molecule has 1 amide bonds. The van der Waals surface area contributed by atoms with Crippen molar-refractivity contribution in [3.05, 3.63) is 91.0 Å². The summed E-state index contributed by atoms with van der Waals surface area (Å²) >= 11 is 1.78. The summed E-state index contributed by atoms with van der Waals surface area (Å²) in [6.45, 7) is 6.29. The van der Waals surface area contributed by atoms with Crippen molar-refractivity contribution in [2.45, 2.75) is 45.7 Å². The minimum Gasteiger partial charge on any atom is -0.316 e. The predicted molar refractivity (Wildman–Crippen MR) is 120 cm³/mol. The maximum absolute atomic E-state index is 13.3. The molecule has 3 heterocycles. The zero-order valence-corrected chi connectivity index (χ0v) is 18.3. The number of amides is 1. The fraction of sp³-hybridized carbons (Fsp3) is 0.333. The molecule has 3 aromatic rings. The topological polar surface area (TPSA) is 45.6 Å². The number of hydrogen-bond donors (Lipinski definition) is 0. The number of carbonyl (C=O) groups is 1. The summed E-state index contributed by atoms with van der Waals surface area (Å²) in [4.78, 5) is 28.9. The van der Waals surface area contributed by atoms with Crippen LogP contribution in [-0.4, -0.2) is 28.2 Å². The van der Waals surface area contributed by atoms with Crippen LogP contribution in [-0.2, 0) is 12.8 Å². The second-order valence-corrected chi connectivity index (χ2v) is 9.31. The first-order chi connectivity index (χ1) is 14.5. The van der Waals surface area contributed by atoms with Gasteiger partial charge in [0.2, 0.25) is 0 Å². The van der Waals surface area contributed by atoms with Gasteiger partial charge in [-0.3, -0.25) is 19.3 Å². The highest BCUT2D eigenvalue weighted by atomic mass is 32.1. The summed E-state index contributed by atoms with van der Waals surface area (Å²) in [5, 5.41) is 4.42. The van der Waals surface area contributed by atoms with Crippen molar-refractivity contribution in [2.24, 2.45) is 0 Å². The van der Waals surface area contributed by atoms with Gasteiger partial charge in [0.05, 0.1) is 0 Å². The van der Waals surface area contributed by atoms with Gasteiger partial charge >= 0.3 is 0 Å². The molecule has 30 heavy (non-hydrogen) atoms. The predicted octanol–water partition coefficient (Wildman–Crippen LogP) is 3.87. The third-order valence-electron chi connectivity index (χ3n) is 6.32. The molecular weight excluding hydrogens is 394 g/mol. The Morgan fingerprint density at radius 3 is 2.60 bits per heavy atom. The lowest BCUT2D eigenvalue weighted by molar-refractivity contribution is 0.0626. The van der Waals surface area contributed by atoms with Gasteiger partial charge in [-0.05, 0) is 61.7 Å². The maximum Gasteiger partial charge on any atom is 0.274 e. The van der Waals surface area contributed by atoms with Crippen molar-refractivity contribution in [2.75, 3.05) is 11.7 Å². The third kappa shape index (κ3) is 2.82. The van der Waals surface area contributed by atoms with Crippen LogP contribution in [0.25, 0.3) is 0 Å². The quantitative estimate of drug-likeness (QED) is 0.634. The molecule has 5 rings (SSSR count). The number of benzene rings is 1. The maximum atomic E-state index is 13.3. The van der Waals surface area contributed by atoms with Crippen molar-refractivity contribution in [1.82, 2.24) is 9.58 Å². The number of pyridine rings is 1. The molecule has 0 saturated heterocycles. The highest BCUT2D eigenvalue weighted by molar-refractivity contribution is 7.10. The lowest BCUT2D eigenvalue weighted by Gasteiger charge is -2.45. The van der Waals surface area contributed by atoms with Gasteiger partial charge < -0.3 is 4.90 Å². The molecule has 1 aliphatic carbocycles. The van der Waals surface area contributed by atoms with Crippen molar-refractivity contribution in [3.63, 3.8) is 0 Å². The van der Waals surface area contributed by atoms with Crippen LogP contribution in [0.5, 0.6) is 0 Å². The Kier molecular flexibility index (Phi) is 4.54. The summed E-state index contributed by atoms with van der Waals surface area (Å²) in [6.07, 6.45) is 3.79. The Labute approximate surface area is 180 Å². The van der Waals surface area contributed by atoms with E-state index in [9.17, 15) is 9.59 Å². The molecule has 0 bridgehead atoms. The molecule has 5 nitrogen and oxygen atoms in total. The van der Waals surface area contributed by atoms with E-state index in [4.69, 9.17) is 0 Å². The van der Waals surface area contributed by atoms with Crippen LogP contribution in [0.4, 0.5) is 0 Å². The molecule has 154 valence electrons. The molecular formula is C24H25N3O2S. The van der Waals surface area contributed by atoms with Crippen molar-refractivity contribution < 1.29 is 4.79 Å². The Morgan fingerprint density at radius 2 is 1.80 bits per heavy atom. The van der Waals surface area contributed by atoms with Crippen molar-refractivity contribution >= 4 is 17.2 Å². The Balaban J connectivity index is 1.77. The molecule has 2 aromatic heterocycles. The molecule has 6 heteroatoms. The zero-order chi connectivity index (χ0) is 21.0. The zero-order valence-electron chi connectivity index (χ0n) is 17.5. The van der Waals surface area contributed by atoms with E-state index < -0.39 is 0 Å². The molecule has 1 unspecified atom stereocenters. The standard InChI is InChI=1S/C24H25N3O2S/c1-15(2)25-14-27(26-12-10-20(28)16(3)21(26)24(25)29)22-19-7-5-4-6-17(19)8-9-18-11-13-30-23(18)22/h4-7,10-13,15,22H,8-9,14H2,1-3H3. The lowest BCUT2D eigenvalue weighted by Crippen LogP contribution is -2.57. The van der Waals surface area contributed by atoms with Crippen molar-refractivity contribution in [3.8, 4) is 0 Å². The van der Waals surface area contributed by atoms with Gasteiger partial charge in [0.1, 0.15) is 18.4 Å². The highest BCUT2D eigenvalue weighted by Gasteiger charge is 2.38. The fourth-order valence-corrected chi connectivity index (χ4v) is 5.73. The van der Waals surface area contributed by atoms with Gasteiger partial charge in [0.15, 0.2) is 5.43 Å². The minimum atomic E-state index is -0.0989. The molecule has 1 atom stereocenters. The number of aryl methyl sites for hydroxylation is 2. The van der Waals surface area contributed by atoms with E-state index in [-0.39, 0.29) is 23.4 Å². The average Bonchev–Trinajstić information content (AvgIpc) is 3.13. The summed E-state index contributed by atoms with van der Waals surface area (Å²) in [7, 11) is 0. The largest absolute Gasteiger partial charge is 0.316 e. The first-order valence-electron chi connectivity index (χ1n) is 10.4. The van der Waals surface area contributed by atoms with Gasteiger partial charge in [0, 0.05) is 28.7 Å². The lowest BCUT2D eigenvalue weighted by atomic mass is 9.99. The first kappa shape index (κ1) is 19.1. The van der Waals surface area contributed by atoms with Gasteiger partial charge in [-0.25, -0.2) is 0 Å². The van der Waals surface area contributed by atoms with Gasteiger partial charge in [-0.2, -0.15) is 0 Å². The fourth-order valence-electron chi connectivity index (χ4n) is 4.66. The summed E-state index contributed by atoms with van der Waals surface area (Å²) in [5.74, 6) is -0.0789. The van der Waals surface area contributed by atoms with Crippen LogP contribution < -0.4 is 10.4 Å². The Morgan fingerprint density at radius 1 is 1.03 bits per heavy atom. The summed E-state index contributed by atoms with van der Waals surface area (Å²) < 4.78 is 1.92. The van der Waals surface area contributed by atoms with E-state index >= 15 is 0 Å². The van der Waals surface area contributed by atoms with Crippen LogP contribution in [0.3, 0.4) is 0 Å². The van der Waals surface area contributed by atoms with E-state index in [2.05, 4.69) is 40.7 Å². The SMILES string of the molecule is Cc1c2n(ccc1=O)N(C1c3ccccc3CCc3ccsc31)CN(C(C)C)C2=O. The first-order valence-corrected chi connectivity index (χ1v) is 11.3. The van der Waals surface area contributed by atoms with Gasteiger partial charge in [-0.1, -0.05) is 24.3 Å². The van der Waals surface area contributed by atoms with E-state index in [0.717, 1.165) is 12.8 Å². The molecule has 2 aliphatic rings. The Bertz CT molecular complexity index is 1190. The minimum absolute atomic E-state index is 0.00583. The van der Waals surface area contributed by atoms with Crippen LogP contribution in [0.15, 0.2) is 52.8 Å². The number of rotatable bonds is 2. The van der Waals surface area contributed by atoms with Gasteiger partial charge in [-0.15, -0.1) is 11.3 Å². The van der Waals surface area contributed by atoms with E-state index in [1.165, 1.54) is 21.6 Å². The van der Waals surface area contributed by atoms with E-state index in [1.54, 1.807) is 30.5 Å². The highest BCUT2D eigenvalue weighted by Crippen LogP contribution is 2.40. The number of nitrogens with zero attached hydrogens (tertiary/aromatic N) is 3. The molecule has 1 aliphatic heterocycles. The molecule has 0 fully saturated rings. The number of fused-ring (bicyclic) bond motifs is 3. The van der Waals surface area contributed by atoms with E-state index in [0.29, 0.717) is 17.9 Å². The van der Waals surface area contributed by atoms with Crippen LogP contribution >= 0.6 is 11.3 Å². The summed E-state index contributed by atoms with van der Waals surface area (Å²) in [6, 6.07) is 12.4. The Hall–Kier alpha value is -2.86. The molecule has 0 N–H and O–H groups in total. The number of hydrogen-bond acceptors (Lipinski definition) is 4. The van der Waals surface area contributed by atoms with E-state index in [1.807, 2.05) is 23.4 Å². The monoisotopic (exact) mass is 419 g/mol. The van der Waals surface area contributed by atoms with Crippen LogP contribution in [0.2, 0.25) is 0 Å². The van der Waals surface area contributed by atoms with Crippen molar-refractivity contribution in [1.29, 1.82) is 0 Å². The smallest absolute Gasteiger partial charge is 0.274 e. The van der Waals surface area contributed by atoms with Crippen LogP contribution in [0.1, 0.15) is 57.5 Å². The average molecular weight is 420 g/mol. The number of aromatic nitrogens is 1. The molecule has 1 aromatic carbocycles. The summed E-state index contributed by atoms with van der Waals surface area (Å²) in [5.41, 5.74) is 4.87. The number of carbonyl (C=O) groups excluding carboxylic acids is 1. The molecule has 0 spiro atoms. The normalized spacial score (nSPS) is 18.1. The second kappa shape index (κ2) is 7.13. The third-order valence-corrected chi connectivity index (χ3v) is 7.33.